The number of aromatic nitrogens is 2. The molecule has 3 aliphatic carbocycles. The summed E-state index contributed by atoms with van der Waals surface area (Å²) in [6.45, 7) is -3.05. The number of nitrogens with one attached hydrogen (secondary N) is 2. The van der Waals surface area contributed by atoms with E-state index < -0.39 is 65.5 Å². The van der Waals surface area contributed by atoms with Gasteiger partial charge in [0.15, 0.2) is 5.82 Å². The van der Waals surface area contributed by atoms with E-state index in [1.165, 1.54) is 17.8 Å². The normalized spacial score (nSPS) is 23.9. The lowest BCUT2D eigenvalue weighted by molar-refractivity contribution is -0.117. The number of carbonyl (C=O) groups excluding carboxylic acids is 1. The molecule has 10 nitrogen and oxygen atoms in total. The van der Waals surface area contributed by atoms with Gasteiger partial charge < -0.3 is 10.1 Å². The highest BCUT2D eigenvalue weighted by atomic mass is 32.2. The summed E-state index contributed by atoms with van der Waals surface area (Å²) in [5.41, 5.74) is 0.386. The van der Waals surface area contributed by atoms with Crippen LogP contribution in [0.1, 0.15) is 36.1 Å². The molecule has 2 aromatic heterocycles. The number of amides is 1. The van der Waals surface area contributed by atoms with Crippen LogP contribution >= 0.6 is 11.3 Å². The number of anilines is 1. The Morgan fingerprint density at radius 3 is 2.72 bits per heavy atom. The zero-order valence-electron chi connectivity index (χ0n) is 20.3. The zero-order valence-corrected chi connectivity index (χ0v) is 22.0. The fourth-order valence-electron chi connectivity index (χ4n) is 4.53. The molecule has 2 N–H and O–H groups in total. The van der Waals surface area contributed by atoms with E-state index in [4.69, 9.17) is 0 Å². The summed E-state index contributed by atoms with van der Waals surface area (Å²) in [4.78, 5) is 21.1. The summed E-state index contributed by atoms with van der Waals surface area (Å²) in [5, 5.41) is 6.28. The molecule has 5 rings (SSSR count). The fourth-order valence-corrected chi connectivity index (χ4v) is 7.74. The second kappa shape index (κ2) is 10.3. The molecule has 0 aliphatic heterocycles. The van der Waals surface area contributed by atoms with Gasteiger partial charge in [-0.25, -0.2) is 36.0 Å². The summed E-state index contributed by atoms with van der Waals surface area (Å²) in [6, 6.07) is 2.23. The molecule has 0 unspecified atom stereocenters. The van der Waals surface area contributed by atoms with E-state index in [9.17, 15) is 35.2 Å². The number of aliphatic imine (C=N–C) groups is 2. The minimum absolute atomic E-state index is 0.0161. The molecule has 2 heterocycles. The third-order valence-corrected chi connectivity index (χ3v) is 9.57. The monoisotopic (exact) mass is 594 g/mol. The van der Waals surface area contributed by atoms with Crippen molar-refractivity contribution in [3.05, 3.63) is 16.5 Å². The highest BCUT2D eigenvalue weighted by molar-refractivity contribution is 7.90. The van der Waals surface area contributed by atoms with Crippen LogP contribution in [0.3, 0.4) is 0 Å². The Bertz CT molecular complexity index is 1440. The number of alkyl halides is 5. The Balaban J connectivity index is 1.38. The van der Waals surface area contributed by atoms with Crippen LogP contribution in [0, 0.1) is 5.92 Å². The molecule has 0 saturated heterocycles. The van der Waals surface area contributed by atoms with Crippen LogP contribution in [0.5, 0.6) is 5.88 Å². The highest BCUT2D eigenvalue weighted by Crippen LogP contribution is 2.44. The molecule has 3 atom stereocenters. The largest absolute Gasteiger partial charge is 0.415 e. The minimum atomic E-state index is -4.32. The van der Waals surface area contributed by atoms with Gasteiger partial charge in [0.2, 0.25) is 21.8 Å². The van der Waals surface area contributed by atoms with Gasteiger partial charge in [-0.1, -0.05) is 0 Å². The van der Waals surface area contributed by atoms with E-state index in [0.29, 0.717) is 23.3 Å². The first kappa shape index (κ1) is 27.7. The Hall–Kier alpha value is -2.88. The number of ether oxygens (including phenoxy) is 1. The van der Waals surface area contributed by atoms with Gasteiger partial charge in [0.1, 0.15) is 16.1 Å². The van der Waals surface area contributed by atoms with E-state index in [1.54, 1.807) is 0 Å². The predicted molar refractivity (Wildman–Crippen MR) is 129 cm³/mol. The first-order valence-corrected chi connectivity index (χ1v) is 14.3. The first-order chi connectivity index (χ1) is 18.3. The molecule has 0 radical (unpaired) electrons. The van der Waals surface area contributed by atoms with Crippen molar-refractivity contribution in [2.45, 2.75) is 74.2 Å². The Labute approximate surface area is 223 Å². The molecule has 3 aliphatic rings. The van der Waals surface area contributed by atoms with Gasteiger partial charge in [0.25, 0.3) is 5.92 Å². The van der Waals surface area contributed by atoms with Gasteiger partial charge in [0, 0.05) is 36.9 Å². The van der Waals surface area contributed by atoms with Gasteiger partial charge >= 0.3 is 6.61 Å². The molecule has 17 heteroatoms. The second-order valence-electron chi connectivity index (χ2n) is 9.67. The third kappa shape index (κ3) is 6.15. The quantitative estimate of drug-likeness (QED) is 0.337. The average Bonchev–Trinajstić information content (AvgIpc) is 3.28. The molecule has 0 spiro atoms. The summed E-state index contributed by atoms with van der Waals surface area (Å²) in [7, 11) is -2.86. The SMILES string of the molecule is Cn1nc(OC(F)F)cc1N=C=N[C@H]1CCc2sc(NC(=O)[C@H]3C[C@@H]3F)c(S(=O)(=O)NC3CC(F)(F)C3)c2C1. The Morgan fingerprint density at radius 2 is 2.08 bits per heavy atom. The standard InChI is InChI=1S/C22H23F5N6O4S2/c1-33-16(6-17(31-33)37-21(24)25)29-9-28-10-2-3-15-13(4-10)18(20(38-15)30-19(34)12-5-14(12)23)39(35,36)32-11-7-22(26,27)8-11/h6,10-12,14,21,32H,2-5,7-8H2,1H3,(H,30,34)/t10-,12-,14-/m0/s1. The van der Waals surface area contributed by atoms with Crippen molar-refractivity contribution in [2.75, 3.05) is 5.32 Å². The number of halogens is 5. The number of carbonyl (C=O) groups is 1. The highest BCUT2D eigenvalue weighted by Gasteiger charge is 2.48. The third-order valence-electron chi connectivity index (χ3n) is 6.60. The summed E-state index contributed by atoms with van der Waals surface area (Å²) >= 11 is 1.05. The molecule has 2 saturated carbocycles. The molecule has 0 bridgehead atoms. The van der Waals surface area contributed by atoms with Crippen molar-refractivity contribution in [2.24, 2.45) is 23.0 Å². The van der Waals surface area contributed by atoms with Gasteiger partial charge in [-0.15, -0.1) is 16.4 Å². The molecule has 1 amide bonds. The molecule has 0 aromatic carbocycles. The van der Waals surface area contributed by atoms with Crippen molar-refractivity contribution in [3.8, 4) is 5.88 Å². The van der Waals surface area contributed by atoms with Crippen molar-refractivity contribution in [1.82, 2.24) is 14.5 Å². The van der Waals surface area contributed by atoms with E-state index in [0.717, 1.165) is 11.3 Å². The number of thiophene rings is 1. The van der Waals surface area contributed by atoms with Crippen molar-refractivity contribution < 1.29 is 39.9 Å². The molecule has 39 heavy (non-hydrogen) atoms. The maximum absolute atomic E-state index is 13.4. The van der Waals surface area contributed by atoms with Crippen molar-refractivity contribution in [3.63, 3.8) is 0 Å². The molecule has 2 fully saturated rings. The summed E-state index contributed by atoms with van der Waals surface area (Å²) < 4.78 is 99.3. The lowest BCUT2D eigenvalue weighted by atomic mass is 9.89. The Morgan fingerprint density at radius 1 is 1.36 bits per heavy atom. The number of rotatable bonds is 9. The predicted octanol–water partition coefficient (Wildman–Crippen LogP) is 3.82. The summed E-state index contributed by atoms with van der Waals surface area (Å²) in [6.07, 6.45) is -1.47. The van der Waals surface area contributed by atoms with Crippen LogP contribution in [0.25, 0.3) is 0 Å². The molecule has 212 valence electrons. The second-order valence-corrected chi connectivity index (χ2v) is 12.4. The van der Waals surface area contributed by atoms with Gasteiger partial charge in [-0.05, 0) is 31.2 Å². The fraction of sp³-hybridized carbons (Fsp3) is 0.591. The van der Waals surface area contributed by atoms with Crippen LogP contribution in [0.4, 0.5) is 32.8 Å². The lowest BCUT2D eigenvalue weighted by Gasteiger charge is -2.35. The zero-order chi connectivity index (χ0) is 28.1. The first-order valence-electron chi connectivity index (χ1n) is 12.0. The molecular weight excluding hydrogens is 571 g/mol. The number of hydrogen-bond acceptors (Lipinski definition) is 8. The average molecular weight is 595 g/mol. The van der Waals surface area contributed by atoms with E-state index >= 15 is 0 Å². The maximum Gasteiger partial charge on any atom is 0.388 e. The van der Waals surface area contributed by atoms with E-state index in [1.807, 2.05) is 0 Å². The summed E-state index contributed by atoms with van der Waals surface area (Å²) in [5.74, 6) is -4.63. The lowest BCUT2D eigenvalue weighted by Crippen LogP contribution is -2.50. The molecular formula is C22H23F5N6O4S2. The number of aryl methyl sites for hydroxylation is 2. The van der Waals surface area contributed by atoms with Gasteiger partial charge in [0.05, 0.1) is 18.0 Å². The number of hydrogen-bond donors (Lipinski definition) is 2. The van der Waals surface area contributed by atoms with Gasteiger partial charge in [-0.2, -0.15) is 13.8 Å². The number of fused-ring (bicyclic) bond motifs is 1. The van der Waals surface area contributed by atoms with Crippen LogP contribution in [0.2, 0.25) is 0 Å². The van der Waals surface area contributed by atoms with Gasteiger partial charge in [-0.3, -0.25) is 4.79 Å². The van der Waals surface area contributed by atoms with Crippen molar-refractivity contribution >= 4 is 44.1 Å². The topological polar surface area (TPSA) is 127 Å². The smallest absolute Gasteiger partial charge is 0.388 e. The number of nitrogens with zero attached hydrogens (tertiary/aromatic N) is 4. The van der Waals surface area contributed by atoms with Crippen LogP contribution in [0.15, 0.2) is 20.9 Å². The van der Waals surface area contributed by atoms with E-state index in [-0.39, 0.29) is 34.4 Å². The minimum Gasteiger partial charge on any atom is -0.415 e. The van der Waals surface area contributed by atoms with E-state index in [2.05, 4.69) is 35.9 Å². The number of sulfonamides is 1. The van der Waals surface area contributed by atoms with Crippen LogP contribution < -0.4 is 14.8 Å². The van der Waals surface area contributed by atoms with Crippen LogP contribution in [-0.4, -0.2) is 60.9 Å². The Kier molecular flexibility index (Phi) is 7.28. The van der Waals surface area contributed by atoms with Crippen LogP contribution in [-0.2, 0) is 34.7 Å². The van der Waals surface area contributed by atoms with Crippen molar-refractivity contribution in [1.29, 1.82) is 0 Å². The molecule has 2 aromatic rings. The maximum atomic E-state index is 13.4.